The fraction of sp³-hybridized carbons (Fsp3) is 0.833. The number of hydrogen-bond donors (Lipinski definition) is 1. The second-order valence-electron chi connectivity index (χ2n) is 3.97. The van der Waals surface area contributed by atoms with Gasteiger partial charge in [0.1, 0.15) is 0 Å². The number of nitrogens with one attached hydrogen (secondary N) is 1. The van der Waals surface area contributed by atoms with E-state index < -0.39 is 0 Å². The molecule has 90 valence electrons. The van der Waals surface area contributed by atoms with Gasteiger partial charge in [-0.3, -0.25) is 0 Å². The molecule has 0 saturated heterocycles. The molecule has 15 heavy (non-hydrogen) atoms. The number of hydrogen-bond acceptors (Lipinski definition) is 3. The first kappa shape index (κ1) is 14.6. The maximum absolute atomic E-state index is 5.36. The van der Waals surface area contributed by atoms with E-state index in [4.69, 9.17) is 9.47 Å². The van der Waals surface area contributed by atoms with Crippen LogP contribution in [0.1, 0.15) is 20.3 Å². The van der Waals surface area contributed by atoms with Gasteiger partial charge in [-0.2, -0.15) is 0 Å². The van der Waals surface area contributed by atoms with Crippen molar-refractivity contribution in [2.75, 3.05) is 40.0 Å². The van der Waals surface area contributed by atoms with Crippen molar-refractivity contribution >= 4 is 0 Å². The predicted octanol–water partition coefficient (Wildman–Crippen LogP) is 1.84. The van der Waals surface area contributed by atoms with Crippen molar-refractivity contribution in [1.82, 2.24) is 5.32 Å². The van der Waals surface area contributed by atoms with E-state index in [1.165, 1.54) is 0 Å². The van der Waals surface area contributed by atoms with Gasteiger partial charge in [0.2, 0.25) is 0 Å². The van der Waals surface area contributed by atoms with Crippen LogP contribution in [0, 0.1) is 5.41 Å². The standard InChI is InChI=1S/C12H25NO2/c1-5-12(3,7-9-15-6-2)11-13-8-10-14-4/h5,13H,1,6-11H2,2-4H3. The third-order valence-electron chi connectivity index (χ3n) is 2.53. The van der Waals surface area contributed by atoms with Gasteiger partial charge in [0.05, 0.1) is 6.61 Å². The maximum atomic E-state index is 5.36. The Morgan fingerprint density at radius 2 is 2.13 bits per heavy atom. The average Bonchev–Trinajstić information content (AvgIpc) is 2.25. The average molecular weight is 215 g/mol. The highest BCUT2D eigenvalue weighted by molar-refractivity contribution is 4.92. The van der Waals surface area contributed by atoms with E-state index in [1.54, 1.807) is 7.11 Å². The predicted molar refractivity (Wildman–Crippen MR) is 64.2 cm³/mol. The summed E-state index contributed by atoms with van der Waals surface area (Å²) in [5, 5.41) is 3.35. The van der Waals surface area contributed by atoms with Crippen LogP contribution in [0.2, 0.25) is 0 Å². The second kappa shape index (κ2) is 8.89. The molecule has 0 heterocycles. The zero-order valence-corrected chi connectivity index (χ0v) is 10.3. The van der Waals surface area contributed by atoms with Gasteiger partial charge in [-0.25, -0.2) is 0 Å². The van der Waals surface area contributed by atoms with Crippen LogP contribution >= 0.6 is 0 Å². The third kappa shape index (κ3) is 7.54. The Kier molecular flexibility index (Phi) is 8.67. The van der Waals surface area contributed by atoms with Gasteiger partial charge in [0, 0.05) is 33.4 Å². The Morgan fingerprint density at radius 3 is 2.67 bits per heavy atom. The van der Waals surface area contributed by atoms with Gasteiger partial charge in [0.25, 0.3) is 0 Å². The smallest absolute Gasteiger partial charge is 0.0587 e. The Morgan fingerprint density at radius 1 is 1.40 bits per heavy atom. The summed E-state index contributed by atoms with van der Waals surface area (Å²) in [5.41, 5.74) is 0.114. The molecule has 0 aromatic rings. The zero-order valence-electron chi connectivity index (χ0n) is 10.3. The summed E-state index contributed by atoms with van der Waals surface area (Å²) in [7, 11) is 1.71. The van der Waals surface area contributed by atoms with Crippen LogP contribution in [-0.4, -0.2) is 40.0 Å². The van der Waals surface area contributed by atoms with Gasteiger partial charge < -0.3 is 14.8 Å². The van der Waals surface area contributed by atoms with Crippen molar-refractivity contribution in [3.63, 3.8) is 0 Å². The van der Waals surface area contributed by atoms with Crippen LogP contribution in [0.5, 0.6) is 0 Å². The number of ether oxygens (including phenoxy) is 2. The zero-order chi connectivity index (χ0) is 11.6. The minimum Gasteiger partial charge on any atom is -0.383 e. The molecule has 0 rings (SSSR count). The number of methoxy groups -OCH3 is 1. The van der Waals surface area contributed by atoms with E-state index in [0.717, 1.165) is 39.3 Å². The molecular formula is C12H25NO2. The summed E-state index contributed by atoms with van der Waals surface area (Å²) in [5.74, 6) is 0. The lowest BCUT2D eigenvalue weighted by atomic mass is 9.87. The molecule has 0 saturated carbocycles. The van der Waals surface area contributed by atoms with Gasteiger partial charge in [-0.15, -0.1) is 6.58 Å². The molecule has 0 aromatic heterocycles. The molecule has 0 amide bonds. The van der Waals surface area contributed by atoms with E-state index in [1.807, 2.05) is 13.0 Å². The molecule has 0 aliphatic rings. The van der Waals surface area contributed by atoms with E-state index in [9.17, 15) is 0 Å². The molecule has 0 aromatic carbocycles. The summed E-state index contributed by atoms with van der Waals surface area (Å²) in [6.45, 7) is 12.2. The monoisotopic (exact) mass is 215 g/mol. The van der Waals surface area contributed by atoms with Crippen molar-refractivity contribution in [3.05, 3.63) is 12.7 Å². The summed E-state index contributed by atoms with van der Waals surface area (Å²) >= 11 is 0. The Hall–Kier alpha value is -0.380. The summed E-state index contributed by atoms with van der Waals surface area (Å²) in [4.78, 5) is 0. The molecule has 0 aliphatic carbocycles. The minimum absolute atomic E-state index is 0.114. The van der Waals surface area contributed by atoms with E-state index in [0.29, 0.717) is 0 Å². The molecule has 0 spiro atoms. The first-order valence-electron chi connectivity index (χ1n) is 5.59. The van der Waals surface area contributed by atoms with Gasteiger partial charge in [-0.1, -0.05) is 13.0 Å². The first-order valence-corrected chi connectivity index (χ1v) is 5.59. The molecule has 0 fully saturated rings. The molecular weight excluding hydrogens is 190 g/mol. The highest BCUT2D eigenvalue weighted by atomic mass is 16.5. The Bertz CT molecular complexity index is 162. The van der Waals surface area contributed by atoms with Crippen LogP contribution in [-0.2, 0) is 9.47 Å². The topological polar surface area (TPSA) is 30.5 Å². The second-order valence-corrected chi connectivity index (χ2v) is 3.97. The Labute approximate surface area is 93.8 Å². The van der Waals surface area contributed by atoms with E-state index >= 15 is 0 Å². The van der Waals surface area contributed by atoms with Crippen molar-refractivity contribution < 1.29 is 9.47 Å². The highest BCUT2D eigenvalue weighted by Crippen LogP contribution is 2.21. The molecule has 0 bridgehead atoms. The van der Waals surface area contributed by atoms with Crippen molar-refractivity contribution in [3.8, 4) is 0 Å². The molecule has 3 nitrogen and oxygen atoms in total. The number of rotatable bonds is 10. The van der Waals surface area contributed by atoms with E-state index in [-0.39, 0.29) is 5.41 Å². The Balaban J connectivity index is 3.70. The minimum atomic E-state index is 0.114. The van der Waals surface area contributed by atoms with Crippen LogP contribution < -0.4 is 5.32 Å². The van der Waals surface area contributed by atoms with Crippen LogP contribution in [0.3, 0.4) is 0 Å². The molecule has 1 atom stereocenters. The first-order chi connectivity index (χ1) is 7.18. The lowest BCUT2D eigenvalue weighted by molar-refractivity contribution is 0.120. The summed E-state index contributed by atoms with van der Waals surface area (Å²) < 4.78 is 10.3. The maximum Gasteiger partial charge on any atom is 0.0587 e. The van der Waals surface area contributed by atoms with Crippen LogP contribution in [0.25, 0.3) is 0 Å². The molecule has 1 N–H and O–H groups in total. The van der Waals surface area contributed by atoms with Crippen molar-refractivity contribution in [1.29, 1.82) is 0 Å². The lowest BCUT2D eigenvalue weighted by Crippen LogP contribution is -2.33. The fourth-order valence-corrected chi connectivity index (χ4v) is 1.26. The fourth-order valence-electron chi connectivity index (χ4n) is 1.26. The lowest BCUT2D eigenvalue weighted by Gasteiger charge is -2.26. The highest BCUT2D eigenvalue weighted by Gasteiger charge is 2.19. The quantitative estimate of drug-likeness (QED) is 0.445. The molecule has 0 aliphatic heterocycles. The molecule has 1 unspecified atom stereocenters. The van der Waals surface area contributed by atoms with Crippen LogP contribution in [0.15, 0.2) is 12.7 Å². The van der Waals surface area contributed by atoms with Gasteiger partial charge in [0.15, 0.2) is 0 Å². The summed E-state index contributed by atoms with van der Waals surface area (Å²) in [6.07, 6.45) is 3.01. The summed E-state index contributed by atoms with van der Waals surface area (Å²) in [6, 6.07) is 0. The van der Waals surface area contributed by atoms with Crippen LogP contribution in [0.4, 0.5) is 0 Å². The third-order valence-corrected chi connectivity index (χ3v) is 2.53. The van der Waals surface area contributed by atoms with Crippen molar-refractivity contribution in [2.45, 2.75) is 20.3 Å². The van der Waals surface area contributed by atoms with Crippen molar-refractivity contribution in [2.24, 2.45) is 5.41 Å². The van der Waals surface area contributed by atoms with E-state index in [2.05, 4.69) is 18.8 Å². The SMILES string of the molecule is C=CC(C)(CCOCC)CNCCOC. The van der Waals surface area contributed by atoms with Gasteiger partial charge in [-0.05, 0) is 18.8 Å². The largest absolute Gasteiger partial charge is 0.383 e. The van der Waals surface area contributed by atoms with Gasteiger partial charge >= 0.3 is 0 Å². The molecule has 3 heteroatoms. The molecule has 0 radical (unpaired) electrons. The normalized spacial score (nSPS) is 14.9.